The zero-order valence-electron chi connectivity index (χ0n) is 14.7. The largest absolute Gasteiger partial charge is 0.463 e. The van der Waals surface area contributed by atoms with Crippen molar-refractivity contribution in [3.63, 3.8) is 0 Å². The number of ether oxygens (including phenoxy) is 1. The Balaban J connectivity index is 1.63. The van der Waals surface area contributed by atoms with Gasteiger partial charge in [0.2, 0.25) is 0 Å². The molecule has 0 bridgehead atoms. The number of hydrogen-bond acceptors (Lipinski definition) is 5. The third-order valence-electron chi connectivity index (χ3n) is 3.61. The number of hydrogen-bond donors (Lipinski definition) is 1. The summed E-state index contributed by atoms with van der Waals surface area (Å²) in [6.07, 6.45) is 4.58. The third kappa shape index (κ3) is 4.88. The highest BCUT2D eigenvalue weighted by atomic mass is 16.5. The van der Waals surface area contributed by atoms with Crippen LogP contribution >= 0.6 is 0 Å². The number of amides is 1. The van der Waals surface area contributed by atoms with Gasteiger partial charge >= 0.3 is 5.97 Å². The summed E-state index contributed by atoms with van der Waals surface area (Å²) in [5.41, 5.74) is 2.46. The van der Waals surface area contributed by atoms with Crippen molar-refractivity contribution >= 4 is 23.6 Å². The molecule has 1 heterocycles. The van der Waals surface area contributed by atoms with Crippen molar-refractivity contribution in [2.45, 2.75) is 6.92 Å². The molecule has 1 aromatic heterocycles. The first-order valence-corrected chi connectivity index (χ1v) is 8.39. The Morgan fingerprint density at radius 1 is 1.11 bits per heavy atom. The van der Waals surface area contributed by atoms with E-state index in [1.54, 1.807) is 43.5 Å². The molecule has 27 heavy (non-hydrogen) atoms. The molecule has 7 heteroatoms. The van der Waals surface area contributed by atoms with Crippen LogP contribution in [0.3, 0.4) is 0 Å². The quantitative estimate of drug-likeness (QED) is 0.538. The Morgan fingerprint density at radius 2 is 1.85 bits per heavy atom. The highest BCUT2D eigenvalue weighted by Gasteiger charge is 2.11. The van der Waals surface area contributed by atoms with Crippen LogP contribution in [0, 0.1) is 0 Å². The van der Waals surface area contributed by atoms with Crippen LogP contribution in [0.4, 0.5) is 5.69 Å². The van der Waals surface area contributed by atoms with Crippen LogP contribution < -0.4 is 5.32 Å². The standard InChI is InChI=1S/C20H18N4O3/c1-2-27-19(25)13-10-15-8-11-16(12-9-15)21-20(26)18-14-24(23-22-18)17-6-4-3-5-7-17/h3-14H,2H2,1H3,(H,21,26)/b13-10+. The molecule has 0 atom stereocenters. The van der Waals surface area contributed by atoms with Crippen molar-refractivity contribution in [1.82, 2.24) is 15.0 Å². The molecule has 0 saturated carbocycles. The van der Waals surface area contributed by atoms with E-state index < -0.39 is 5.97 Å². The molecular weight excluding hydrogens is 344 g/mol. The van der Waals surface area contributed by atoms with Crippen LogP contribution in [-0.2, 0) is 9.53 Å². The van der Waals surface area contributed by atoms with E-state index in [1.807, 2.05) is 30.3 Å². The number of carbonyl (C=O) groups is 2. The molecule has 0 radical (unpaired) electrons. The van der Waals surface area contributed by atoms with Crippen molar-refractivity contribution in [1.29, 1.82) is 0 Å². The second-order valence-electron chi connectivity index (χ2n) is 5.55. The number of benzene rings is 2. The summed E-state index contributed by atoms with van der Waals surface area (Å²) in [6, 6.07) is 16.5. The van der Waals surface area contributed by atoms with Crippen molar-refractivity contribution in [2.75, 3.05) is 11.9 Å². The number of aromatic nitrogens is 3. The van der Waals surface area contributed by atoms with E-state index >= 15 is 0 Å². The minimum Gasteiger partial charge on any atom is -0.463 e. The van der Waals surface area contributed by atoms with Crippen LogP contribution in [0.25, 0.3) is 11.8 Å². The van der Waals surface area contributed by atoms with Gasteiger partial charge in [0.15, 0.2) is 5.69 Å². The van der Waals surface area contributed by atoms with Crippen LogP contribution in [-0.4, -0.2) is 33.5 Å². The molecule has 0 saturated heterocycles. The number of esters is 1. The van der Waals surface area contributed by atoms with Gasteiger partial charge in [0, 0.05) is 11.8 Å². The fourth-order valence-electron chi connectivity index (χ4n) is 2.30. The molecule has 1 amide bonds. The van der Waals surface area contributed by atoms with Gasteiger partial charge in [-0.05, 0) is 42.8 Å². The first kappa shape index (κ1) is 18.1. The summed E-state index contributed by atoms with van der Waals surface area (Å²) < 4.78 is 6.37. The lowest BCUT2D eigenvalue weighted by molar-refractivity contribution is -0.137. The van der Waals surface area contributed by atoms with Crippen LogP contribution in [0.2, 0.25) is 0 Å². The van der Waals surface area contributed by atoms with Gasteiger partial charge in [-0.15, -0.1) is 5.10 Å². The van der Waals surface area contributed by atoms with Crippen LogP contribution in [0.1, 0.15) is 23.0 Å². The molecule has 0 aliphatic carbocycles. The molecule has 3 aromatic rings. The highest BCUT2D eigenvalue weighted by Crippen LogP contribution is 2.13. The predicted molar refractivity (Wildman–Crippen MR) is 101 cm³/mol. The third-order valence-corrected chi connectivity index (χ3v) is 3.61. The summed E-state index contributed by atoms with van der Waals surface area (Å²) in [4.78, 5) is 23.6. The normalized spacial score (nSPS) is 10.7. The lowest BCUT2D eigenvalue weighted by atomic mass is 10.2. The van der Waals surface area contributed by atoms with E-state index in [-0.39, 0.29) is 11.6 Å². The van der Waals surface area contributed by atoms with Gasteiger partial charge in [-0.25, -0.2) is 9.48 Å². The van der Waals surface area contributed by atoms with Gasteiger partial charge in [-0.2, -0.15) is 0 Å². The fraction of sp³-hybridized carbons (Fsp3) is 0.100. The Kier molecular flexibility index (Phi) is 5.73. The Labute approximate surface area is 156 Å². The molecule has 0 fully saturated rings. The van der Waals surface area contributed by atoms with Gasteiger partial charge in [0.1, 0.15) is 0 Å². The lowest BCUT2D eigenvalue weighted by Gasteiger charge is -2.03. The molecule has 2 aromatic carbocycles. The Bertz CT molecular complexity index is 947. The summed E-state index contributed by atoms with van der Waals surface area (Å²) in [7, 11) is 0. The molecule has 136 valence electrons. The van der Waals surface area contributed by atoms with E-state index in [0.29, 0.717) is 12.3 Å². The number of nitrogens with one attached hydrogen (secondary N) is 1. The number of carbonyl (C=O) groups excluding carboxylic acids is 2. The molecule has 1 N–H and O–H groups in total. The molecule has 0 aliphatic heterocycles. The van der Waals surface area contributed by atoms with Crippen LogP contribution in [0.15, 0.2) is 66.9 Å². The Morgan fingerprint density at radius 3 is 2.56 bits per heavy atom. The monoisotopic (exact) mass is 362 g/mol. The number of anilines is 1. The molecule has 0 spiro atoms. The molecule has 0 aliphatic rings. The number of nitrogens with zero attached hydrogens (tertiary/aromatic N) is 3. The number of rotatable bonds is 6. The van der Waals surface area contributed by atoms with Gasteiger partial charge in [0.05, 0.1) is 18.5 Å². The lowest BCUT2D eigenvalue weighted by Crippen LogP contribution is -2.12. The minimum absolute atomic E-state index is 0.213. The first-order valence-electron chi connectivity index (χ1n) is 8.39. The van der Waals surface area contributed by atoms with E-state index in [2.05, 4.69) is 15.6 Å². The van der Waals surface area contributed by atoms with Gasteiger partial charge < -0.3 is 10.1 Å². The maximum absolute atomic E-state index is 12.3. The van der Waals surface area contributed by atoms with Gasteiger partial charge in [-0.1, -0.05) is 35.5 Å². The van der Waals surface area contributed by atoms with E-state index in [4.69, 9.17) is 4.74 Å². The molecule has 7 nitrogen and oxygen atoms in total. The average Bonchev–Trinajstić information content (AvgIpc) is 3.19. The molecular formula is C20H18N4O3. The smallest absolute Gasteiger partial charge is 0.330 e. The topological polar surface area (TPSA) is 86.1 Å². The first-order chi connectivity index (χ1) is 13.2. The maximum atomic E-state index is 12.3. The summed E-state index contributed by atoms with van der Waals surface area (Å²) in [5.74, 6) is -0.747. The summed E-state index contributed by atoms with van der Waals surface area (Å²) in [6.45, 7) is 2.09. The van der Waals surface area contributed by atoms with Gasteiger partial charge in [-0.3, -0.25) is 4.79 Å². The summed E-state index contributed by atoms with van der Waals surface area (Å²) in [5, 5.41) is 10.6. The molecule has 3 rings (SSSR count). The summed E-state index contributed by atoms with van der Waals surface area (Å²) >= 11 is 0. The maximum Gasteiger partial charge on any atom is 0.330 e. The zero-order valence-corrected chi connectivity index (χ0v) is 14.7. The minimum atomic E-state index is -0.392. The van der Waals surface area contributed by atoms with E-state index in [9.17, 15) is 9.59 Å². The van der Waals surface area contributed by atoms with Crippen molar-refractivity contribution < 1.29 is 14.3 Å². The average molecular weight is 362 g/mol. The SMILES string of the molecule is CCOC(=O)/C=C/c1ccc(NC(=O)c2cn(-c3ccccc3)nn2)cc1. The van der Waals surface area contributed by atoms with E-state index in [1.165, 1.54) is 10.8 Å². The molecule has 0 unspecified atom stereocenters. The van der Waals surface area contributed by atoms with Crippen molar-refractivity contribution in [3.8, 4) is 5.69 Å². The van der Waals surface area contributed by atoms with E-state index in [0.717, 1.165) is 11.3 Å². The second kappa shape index (κ2) is 8.57. The van der Waals surface area contributed by atoms with Crippen molar-refractivity contribution in [3.05, 3.63) is 78.1 Å². The van der Waals surface area contributed by atoms with Crippen molar-refractivity contribution in [2.24, 2.45) is 0 Å². The van der Waals surface area contributed by atoms with Crippen LogP contribution in [0.5, 0.6) is 0 Å². The second-order valence-corrected chi connectivity index (χ2v) is 5.55. The Hall–Kier alpha value is -3.74. The fourth-order valence-corrected chi connectivity index (χ4v) is 2.30. The highest BCUT2D eigenvalue weighted by molar-refractivity contribution is 6.02. The zero-order chi connectivity index (χ0) is 19.1. The van der Waals surface area contributed by atoms with Gasteiger partial charge in [0.25, 0.3) is 5.91 Å². The predicted octanol–water partition coefficient (Wildman–Crippen LogP) is 3.10. The number of para-hydroxylation sites is 1.